The first kappa shape index (κ1) is 12.9. The standard InChI is InChI=1S/C10H24N2O/c1-4-13-7-5-6-12-10(8-11)9(2)3/h9-10,12H,4-8,11H2,1-3H3. The molecule has 0 heterocycles. The summed E-state index contributed by atoms with van der Waals surface area (Å²) in [4.78, 5) is 0. The Labute approximate surface area is 82.0 Å². The third-order valence-electron chi connectivity index (χ3n) is 2.13. The minimum absolute atomic E-state index is 0.446. The molecule has 1 atom stereocenters. The Hall–Kier alpha value is -0.120. The number of nitrogens with one attached hydrogen (secondary N) is 1. The summed E-state index contributed by atoms with van der Waals surface area (Å²) in [5.41, 5.74) is 5.62. The highest BCUT2D eigenvalue weighted by atomic mass is 16.5. The fraction of sp³-hybridized carbons (Fsp3) is 1.00. The van der Waals surface area contributed by atoms with Crippen LogP contribution in [0.3, 0.4) is 0 Å². The molecule has 0 bridgehead atoms. The van der Waals surface area contributed by atoms with Crippen LogP contribution in [0.2, 0.25) is 0 Å². The molecule has 0 aliphatic carbocycles. The van der Waals surface area contributed by atoms with E-state index in [0.717, 1.165) is 26.2 Å². The predicted octanol–water partition coefficient (Wildman–Crippen LogP) is 0.986. The van der Waals surface area contributed by atoms with E-state index in [0.29, 0.717) is 18.5 Å². The van der Waals surface area contributed by atoms with E-state index in [1.165, 1.54) is 0 Å². The summed E-state index contributed by atoms with van der Waals surface area (Å²) in [6.07, 6.45) is 1.07. The van der Waals surface area contributed by atoms with Crippen LogP contribution in [0.25, 0.3) is 0 Å². The minimum atomic E-state index is 0.446. The summed E-state index contributed by atoms with van der Waals surface area (Å²) in [5.74, 6) is 0.608. The topological polar surface area (TPSA) is 47.3 Å². The van der Waals surface area contributed by atoms with Crippen LogP contribution in [0.1, 0.15) is 27.2 Å². The van der Waals surface area contributed by atoms with Crippen molar-refractivity contribution in [2.75, 3.05) is 26.3 Å². The van der Waals surface area contributed by atoms with E-state index in [4.69, 9.17) is 10.5 Å². The molecule has 0 rings (SSSR count). The maximum absolute atomic E-state index is 5.62. The van der Waals surface area contributed by atoms with Crippen molar-refractivity contribution in [3.05, 3.63) is 0 Å². The maximum Gasteiger partial charge on any atom is 0.0477 e. The zero-order chi connectivity index (χ0) is 10.1. The fourth-order valence-electron chi connectivity index (χ4n) is 1.20. The van der Waals surface area contributed by atoms with Gasteiger partial charge in [0.2, 0.25) is 0 Å². The van der Waals surface area contributed by atoms with Gasteiger partial charge in [0.1, 0.15) is 0 Å². The summed E-state index contributed by atoms with van der Waals surface area (Å²) in [5, 5.41) is 3.42. The van der Waals surface area contributed by atoms with Crippen molar-refractivity contribution in [3.8, 4) is 0 Å². The Balaban J connectivity index is 3.28. The van der Waals surface area contributed by atoms with E-state index in [2.05, 4.69) is 19.2 Å². The number of hydrogen-bond donors (Lipinski definition) is 2. The zero-order valence-corrected chi connectivity index (χ0v) is 9.18. The van der Waals surface area contributed by atoms with Crippen LogP contribution >= 0.6 is 0 Å². The van der Waals surface area contributed by atoms with Gasteiger partial charge in [0.05, 0.1) is 0 Å². The Morgan fingerprint density at radius 3 is 2.54 bits per heavy atom. The highest BCUT2D eigenvalue weighted by molar-refractivity contribution is 4.70. The summed E-state index contributed by atoms with van der Waals surface area (Å²) < 4.78 is 5.24. The molecule has 1 unspecified atom stereocenters. The van der Waals surface area contributed by atoms with Crippen LogP contribution in [-0.4, -0.2) is 32.3 Å². The molecule has 3 nitrogen and oxygen atoms in total. The van der Waals surface area contributed by atoms with Crippen LogP contribution in [0.4, 0.5) is 0 Å². The smallest absolute Gasteiger partial charge is 0.0477 e. The van der Waals surface area contributed by atoms with E-state index >= 15 is 0 Å². The van der Waals surface area contributed by atoms with Crippen molar-refractivity contribution < 1.29 is 4.74 Å². The quantitative estimate of drug-likeness (QED) is 0.558. The number of ether oxygens (including phenoxy) is 1. The molecule has 0 spiro atoms. The first-order valence-electron chi connectivity index (χ1n) is 5.23. The molecule has 0 aromatic heterocycles. The molecule has 0 aromatic carbocycles. The van der Waals surface area contributed by atoms with Gasteiger partial charge in [-0.05, 0) is 25.8 Å². The highest BCUT2D eigenvalue weighted by Gasteiger charge is 2.08. The number of nitrogens with two attached hydrogens (primary N) is 1. The molecule has 0 fully saturated rings. The van der Waals surface area contributed by atoms with E-state index in [-0.39, 0.29) is 0 Å². The molecule has 0 saturated heterocycles. The van der Waals surface area contributed by atoms with Gasteiger partial charge in [-0.2, -0.15) is 0 Å². The summed E-state index contributed by atoms with van der Waals surface area (Å²) >= 11 is 0. The Kier molecular flexibility index (Phi) is 8.40. The van der Waals surface area contributed by atoms with Crippen molar-refractivity contribution in [1.29, 1.82) is 0 Å². The second kappa shape index (κ2) is 8.48. The number of rotatable bonds is 8. The lowest BCUT2D eigenvalue weighted by atomic mass is 10.0. The molecule has 0 amide bonds. The molecule has 0 saturated carbocycles. The van der Waals surface area contributed by atoms with E-state index in [9.17, 15) is 0 Å². The minimum Gasteiger partial charge on any atom is -0.382 e. The van der Waals surface area contributed by atoms with Gasteiger partial charge < -0.3 is 15.8 Å². The van der Waals surface area contributed by atoms with Crippen LogP contribution in [0.15, 0.2) is 0 Å². The second-order valence-corrected chi connectivity index (χ2v) is 3.59. The van der Waals surface area contributed by atoms with Gasteiger partial charge in [0.15, 0.2) is 0 Å². The molecule has 80 valence electrons. The van der Waals surface area contributed by atoms with Crippen molar-refractivity contribution in [2.24, 2.45) is 11.7 Å². The third-order valence-corrected chi connectivity index (χ3v) is 2.13. The van der Waals surface area contributed by atoms with Crippen LogP contribution in [0, 0.1) is 5.92 Å². The van der Waals surface area contributed by atoms with E-state index in [1.54, 1.807) is 0 Å². The van der Waals surface area contributed by atoms with Gasteiger partial charge in [-0.3, -0.25) is 0 Å². The number of hydrogen-bond acceptors (Lipinski definition) is 3. The summed E-state index contributed by atoms with van der Waals surface area (Å²) in [6.45, 7) is 9.76. The van der Waals surface area contributed by atoms with Gasteiger partial charge in [0.25, 0.3) is 0 Å². The lowest BCUT2D eigenvalue weighted by Gasteiger charge is -2.20. The van der Waals surface area contributed by atoms with Crippen molar-refractivity contribution in [2.45, 2.75) is 33.2 Å². The van der Waals surface area contributed by atoms with E-state index < -0.39 is 0 Å². The van der Waals surface area contributed by atoms with Gasteiger partial charge in [-0.25, -0.2) is 0 Å². The van der Waals surface area contributed by atoms with Crippen molar-refractivity contribution >= 4 is 0 Å². The van der Waals surface area contributed by atoms with Gasteiger partial charge in [-0.1, -0.05) is 13.8 Å². The van der Waals surface area contributed by atoms with Crippen LogP contribution in [-0.2, 0) is 4.74 Å². The highest BCUT2D eigenvalue weighted by Crippen LogP contribution is 1.98. The Morgan fingerprint density at radius 1 is 1.38 bits per heavy atom. The third kappa shape index (κ3) is 6.99. The van der Waals surface area contributed by atoms with Crippen molar-refractivity contribution in [3.63, 3.8) is 0 Å². The molecule has 3 N–H and O–H groups in total. The average Bonchev–Trinajstić information content (AvgIpc) is 2.10. The molecular formula is C10H24N2O. The summed E-state index contributed by atoms with van der Waals surface area (Å²) in [6, 6.07) is 0.446. The van der Waals surface area contributed by atoms with Crippen molar-refractivity contribution in [1.82, 2.24) is 5.32 Å². The maximum atomic E-state index is 5.62. The predicted molar refractivity (Wildman–Crippen MR) is 56.8 cm³/mol. The molecular weight excluding hydrogens is 164 g/mol. The van der Waals surface area contributed by atoms with E-state index in [1.807, 2.05) is 6.92 Å². The van der Waals surface area contributed by atoms with Gasteiger partial charge >= 0.3 is 0 Å². The summed E-state index contributed by atoms with van der Waals surface area (Å²) in [7, 11) is 0. The van der Waals surface area contributed by atoms with Crippen LogP contribution in [0.5, 0.6) is 0 Å². The second-order valence-electron chi connectivity index (χ2n) is 3.59. The zero-order valence-electron chi connectivity index (χ0n) is 9.18. The largest absolute Gasteiger partial charge is 0.382 e. The monoisotopic (exact) mass is 188 g/mol. The molecule has 0 radical (unpaired) electrons. The Bertz CT molecular complexity index is 107. The lowest BCUT2D eigenvalue weighted by molar-refractivity contribution is 0.143. The average molecular weight is 188 g/mol. The molecule has 13 heavy (non-hydrogen) atoms. The first-order chi connectivity index (χ1) is 6.22. The Morgan fingerprint density at radius 2 is 2.08 bits per heavy atom. The molecule has 0 aliphatic rings. The lowest BCUT2D eigenvalue weighted by Crippen LogP contribution is -2.40. The SMILES string of the molecule is CCOCCCNC(CN)C(C)C. The van der Waals surface area contributed by atoms with Gasteiger partial charge in [0, 0.05) is 25.8 Å². The first-order valence-corrected chi connectivity index (χ1v) is 5.23. The molecule has 0 aromatic rings. The molecule has 3 heteroatoms. The normalized spacial score (nSPS) is 13.6. The van der Waals surface area contributed by atoms with Crippen LogP contribution < -0.4 is 11.1 Å². The fourth-order valence-corrected chi connectivity index (χ4v) is 1.20. The van der Waals surface area contributed by atoms with Gasteiger partial charge in [-0.15, -0.1) is 0 Å². The molecule has 0 aliphatic heterocycles.